The number of halogens is 1. The predicted octanol–water partition coefficient (Wildman–Crippen LogP) is 2.34. The minimum Gasteiger partial charge on any atom is -0.479 e. The Kier molecular flexibility index (Phi) is 4.15. The third kappa shape index (κ3) is 3.23. The van der Waals surface area contributed by atoms with Gasteiger partial charge in [-0.25, -0.2) is 0 Å². The number of carbonyl (C=O) groups is 1. The van der Waals surface area contributed by atoms with Crippen molar-refractivity contribution in [1.82, 2.24) is 0 Å². The third-order valence-electron chi connectivity index (χ3n) is 1.98. The molecule has 1 unspecified atom stereocenters. The van der Waals surface area contributed by atoms with Crippen LogP contribution >= 0.6 is 15.9 Å². The first-order valence-corrected chi connectivity index (χ1v) is 5.52. The molecule has 1 aromatic carbocycles. The number of ether oxygens (including phenoxy) is 1. The SMILES string of the molecule is CC(C)C(Oc1ccccc1Br)C(N)=O. The summed E-state index contributed by atoms with van der Waals surface area (Å²) in [6.07, 6.45) is -0.594. The first-order valence-electron chi connectivity index (χ1n) is 4.73. The lowest BCUT2D eigenvalue weighted by atomic mass is 10.1. The molecule has 0 aromatic heterocycles. The van der Waals surface area contributed by atoms with E-state index in [4.69, 9.17) is 10.5 Å². The summed E-state index contributed by atoms with van der Waals surface area (Å²) in [4.78, 5) is 11.1. The van der Waals surface area contributed by atoms with Gasteiger partial charge >= 0.3 is 0 Å². The number of primary amides is 1. The molecule has 1 aromatic rings. The largest absolute Gasteiger partial charge is 0.479 e. The minimum atomic E-state index is -0.594. The van der Waals surface area contributed by atoms with Crippen LogP contribution in [0.2, 0.25) is 0 Å². The van der Waals surface area contributed by atoms with E-state index in [0.29, 0.717) is 5.75 Å². The molecular formula is C11H14BrNO2. The van der Waals surface area contributed by atoms with E-state index in [0.717, 1.165) is 4.47 Å². The van der Waals surface area contributed by atoms with Crippen LogP contribution in [0, 0.1) is 5.92 Å². The number of rotatable bonds is 4. The maximum atomic E-state index is 11.1. The van der Waals surface area contributed by atoms with Gasteiger partial charge in [0.25, 0.3) is 5.91 Å². The molecular weight excluding hydrogens is 258 g/mol. The number of nitrogens with two attached hydrogens (primary N) is 1. The zero-order valence-electron chi connectivity index (χ0n) is 8.74. The molecule has 0 saturated carbocycles. The predicted molar refractivity (Wildman–Crippen MR) is 62.6 cm³/mol. The highest BCUT2D eigenvalue weighted by Crippen LogP contribution is 2.26. The zero-order valence-corrected chi connectivity index (χ0v) is 10.3. The van der Waals surface area contributed by atoms with Crippen molar-refractivity contribution in [3.8, 4) is 5.75 Å². The van der Waals surface area contributed by atoms with E-state index in [1.165, 1.54) is 0 Å². The van der Waals surface area contributed by atoms with Crippen LogP contribution in [0.5, 0.6) is 5.75 Å². The van der Waals surface area contributed by atoms with Gasteiger partial charge in [-0.3, -0.25) is 4.79 Å². The fraction of sp³-hybridized carbons (Fsp3) is 0.364. The van der Waals surface area contributed by atoms with E-state index in [1.54, 1.807) is 6.07 Å². The molecule has 15 heavy (non-hydrogen) atoms. The first kappa shape index (κ1) is 12.0. The van der Waals surface area contributed by atoms with Crippen LogP contribution < -0.4 is 10.5 Å². The van der Waals surface area contributed by atoms with Gasteiger partial charge < -0.3 is 10.5 Å². The Morgan fingerprint density at radius 2 is 2.00 bits per heavy atom. The second-order valence-electron chi connectivity index (χ2n) is 3.62. The van der Waals surface area contributed by atoms with Crippen LogP contribution in [0.4, 0.5) is 0 Å². The molecule has 0 fully saturated rings. The van der Waals surface area contributed by atoms with Gasteiger partial charge in [0.05, 0.1) is 4.47 Å². The molecule has 3 nitrogen and oxygen atoms in total. The molecule has 2 N–H and O–H groups in total. The van der Waals surface area contributed by atoms with Crippen LogP contribution in [0.3, 0.4) is 0 Å². The monoisotopic (exact) mass is 271 g/mol. The average Bonchev–Trinajstić information content (AvgIpc) is 2.15. The molecule has 1 rings (SSSR count). The van der Waals surface area contributed by atoms with Crippen molar-refractivity contribution in [2.75, 3.05) is 0 Å². The highest BCUT2D eigenvalue weighted by Gasteiger charge is 2.21. The summed E-state index contributed by atoms with van der Waals surface area (Å²) in [7, 11) is 0. The van der Waals surface area contributed by atoms with E-state index in [1.807, 2.05) is 32.0 Å². The third-order valence-corrected chi connectivity index (χ3v) is 2.63. The van der Waals surface area contributed by atoms with Crippen molar-refractivity contribution in [1.29, 1.82) is 0 Å². The van der Waals surface area contributed by atoms with Gasteiger partial charge in [-0.2, -0.15) is 0 Å². The van der Waals surface area contributed by atoms with Gasteiger partial charge in [-0.1, -0.05) is 26.0 Å². The van der Waals surface area contributed by atoms with Gasteiger partial charge in [-0.05, 0) is 34.0 Å². The Hall–Kier alpha value is -1.03. The topological polar surface area (TPSA) is 52.3 Å². The zero-order chi connectivity index (χ0) is 11.4. The summed E-state index contributed by atoms with van der Waals surface area (Å²) in [6, 6.07) is 7.38. The highest BCUT2D eigenvalue weighted by atomic mass is 79.9. The fourth-order valence-electron chi connectivity index (χ4n) is 1.20. The van der Waals surface area contributed by atoms with Gasteiger partial charge in [0.2, 0.25) is 0 Å². The minimum absolute atomic E-state index is 0.0506. The molecule has 0 heterocycles. The average molecular weight is 272 g/mol. The quantitative estimate of drug-likeness (QED) is 0.914. The number of para-hydroxylation sites is 1. The number of benzene rings is 1. The van der Waals surface area contributed by atoms with Crippen molar-refractivity contribution in [2.24, 2.45) is 11.7 Å². The van der Waals surface area contributed by atoms with Gasteiger partial charge in [0.15, 0.2) is 6.10 Å². The van der Waals surface area contributed by atoms with E-state index in [9.17, 15) is 4.79 Å². The molecule has 0 bridgehead atoms. The summed E-state index contributed by atoms with van der Waals surface area (Å²) in [5.41, 5.74) is 5.26. The van der Waals surface area contributed by atoms with Crippen molar-refractivity contribution < 1.29 is 9.53 Å². The van der Waals surface area contributed by atoms with Crippen molar-refractivity contribution in [3.05, 3.63) is 28.7 Å². The highest BCUT2D eigenvalue weighted by molar-refractivity contribution is 9.10. The number of carbonyl (C=O) groups excluding carboxylic acids is 1. The number of amides is 1. The molecule has 0 radical (unpaired) electrons. The number of hydrogen-bond donors (Lipinski definition) is 1. The van der Waals surface area contributed by atoms with Crippen LogP contribution in [0.1, 0.15) is 13.8 Å². The molecule has 0 saturated heterocycles. The molecule has 0 aliphatic heterocycles. The summed E-state index contributed by atoms with van der Waals surface area (Å²) in [6.45, 7) is 3.79. The van der Waals surface area contributed by atoms with Crippen molar-refractivity contribution in [2.45, 2.75) is 20.0 Å². The van der Waals surface area contributed by atoms with E-state index in [2.05, 4.69) is 15.9 Å². The van der Waals surface area contributed by atoms with Gasteiger partial charge in [0.1, 0.15) is 5.75 Å². The van der Waals surface area contributed by atoms with Crippen LogP contribution in [0.25, 0.3) is 0 Å². The maximum Gasteiger partial charge on any atom is 0.258 e. The maximum absolute atomic E-state index is 11.1. The second-order valence-corrected chi connectivity index (χ2v) is 4.47. The van der Waals surface area contributed by atoms with Crippen molar-refractivity contribution >= 4 is 21.8 Å². The Morgan fingerprint density at radius 1 is 1.40 bits per heavy atom. The van der Waals surface area contributed by atoms with Crippen LogP contribution in [-0.4, -0.2) is 12.0 Å². The van der Waals surface area contributed by atoms with Gasteiger partial charge in [0, 0.05) is 0 Å². The van der Waals surface area contributed by atoms with E-state index in [-0.39, 0.29) is 5.92 Å². The Labute approximate surface area is 97.7 Å². The summed E-state index contributed by atoms with van der Waals surface area (Å²) in [5, 5.41) is 0. The molecule has 1 atom stereocenters. The molecule has 0 aliphatic rings. The van der Waals surface area contributed by atoms with E-state index < -0.39 is 12.0 Å². The fourth-order valence-corrected chi connectivity index (χ4v) is 1.58. The van der Waals surface area contributed by atoms with Crippen LogP contribution in [0.15, 0.2) is 28.7 Å². The van der Waals surface area contributed by atoms with E-state index >= 15 is 0 Å². The summed E-state index contributed by atoms with van der Waals surface area (Å²) < 4.78 is 6.36. The lowest BCUT2D eigenvalue weighted by Crippen LogP contribution is -2.38. The normalized spacial score (nSPS) is 12.5. The Morgan fingerprint density at radius 3 is 2.47 bits per heavy atom. The smallest absolute Gasteiger partial charge is 0.258 e. The molecule has 4 heteroatoms. The summed E-state index contributed by atoms with van der Waals surface area (Å²) in [5.74, 6) is 0.241. The number of hydrogen-bond acceptors (Lipinski definition) is 2. The molecule has 1 amide bonds. The van der Waals surface area contributed by atoms with Crippen molar-refractivity contribution in [3.63, 3.8) is 0 Å². The Bertz CT molecular complexity index is 352. The van der Waals surface area contributed by atoms with Crippen LogP contribution in [-0.2, 0) is 4.79 Å². The lowest BCUT2D eigenvalue weighted by Gasteiger charge is -2.19. The van der Waals surface area contributed by atoms with Gasteiger partial charge in [-0.15, -0.1) is 0 Å². The Balaban J connectivity index is 2.84. The summed E-state index contributed by atoms with van der Waals surface area (Å²) >= 11 is 3.35. The second kappa shape index (κ2) is 5.16. The molecule has 82 valence electrons. The lowest BCUT2D eigenvalue weighted by molar-refractivity contribution is -0.126. The first-order chi connectivity index (χ1) is 7.02. The molecule has 0 spiro atoms. The molecule has 0 aliphatic carbocycles. The standard InChI is InChI=1S/C11H14BrNO2/c1-7(2)10(11(13)14)15-9-6-4-3-5-8(9)12/h3-7,10H,1-2H3,(H2,13,14).